The van der Waals surface area contributed by atoms with Gasteiger partial charge in [0.25, 0.3) is 0 Å². The molecule has 0 heterocycles. The summed E-state index contributed by atoms with van der Waals surface area (Å²) in [5, 5.41) is 0. The third-order valence-corrected chi connectivity index (χ3v) is 3.07. The molecule has 5 nitrogen and oxygen atoms in total. The lowest BCUT2D eigenvalue weighted by Gasteiger charge is -2.11. The van der Waals surface area contributed by atoms with E-state index in [1.165, 1.54) is 0 Å². The molecule has 0 aromatic heterocycles. The largest absolute Gasteiger partial charge is 0.426 e. The highest BCUT2D eigenvalue weighted by Crippen LogP contribution is 2.18. The summed E-state index contributed by atoms with van der Waals surface area (Å²) in [7, 11) is 0. The van der Waals surface area contributed by atoms with Crippen molar-refractivity contribution in [2.45, 2.75) is 13.3 Å². The number of para-hydroxylation sites is 1. The van der Waals surface area contributed by atoms with Crippen LogP contribution in [0.5, 0.6) is 5.75 Å². The first-order valence-electron chi connectivity index (χ1n) is 7.00. The molecule has 0 aliphatic carbocycles. The van der Waals surface area contributed by atoms with Gasteiger partial charge in [-0.2, -0.15) is 0 Å². The number of nitrogens with zero attached hydrogens (tertiary/aromatic N) is 1. The lowest BCUT2D eigenvalue weighted by atomic mass is 10.0. The first kappa shape index (κ1) is 18.5. The van der Waals surface area contributed by atoms with Crippen molar-refractivity contribution in [2.75, 3.05) is 0 Å². The molecule has 2 rings (SSSR count). The Bertz CT molecular complexity index is 671. The van der Waals surface area contributed by atoms with Crippen LogP contribution in [0, 0.1) is 5.92 Å². The molecule has 0 fully saturated rings. The van der Waals surface area contributed by atoms with E-state index < -0.39 is 0 Å². The van der Waals surface area contributed by atoms with E-state index in [-0.39, 0.29) is 30.3 Å². The number of halogens is 1. The number of guanidine groups is 1. The normalized spacial score (nSPS) is 11.0. The quantitative estimate of drug-likeness (QED) is 0.381. The van der Waals surface area contributed by atoms with Crippen molar-refractivity contribution in [1.82, 2.24) is 0 Å². The number of carbonyl (C=O) groups excluding carboxylic acids is 1. The van der Waals surface area contributed by atoms with Gasteiger partial charge < -0.3 is 16.2 Å². The Morgan fingerprint density at radius 1 is 1.13 bits per heavy atom. The molecule has 0 amide bonds. The van der Waals surface area contributed by atoms with Crippen molar-refractivity contribution in [2.24, 2.45) is 22.4 Å². The Kier molecular flexibility index (Phi) is 7.09. The van der Waals surface area contributed by atoms with Gasteiger partial charge in [-0.3, -0.25) is 4.79 Å². The van der Waals surface area contributed by atoms with Crippen LogP contribution in [0.4, 0.5) is 5.69 Å². The lowest BCUT2D eigenvalue weighted by molar-refractivity contribution is -0.138. The van der Waals surface area contributed by atoms with E-state index in [1.54, 1.807) is 18.2 Å². The van der Waals surface area contributed by atoms with Crippen molar-refractivity contribution < 1.29 is 9.53 Å². The summed E-state index contributed by atoms with van der Waals surface area (Å²) in [6, 6.07) is 16.5. The average molecular weight is 334 g/mol. The number of hydrogen-bond donors (Lipinski definition) is 2. The summed E-state index contributed by atoms with van der Waals surface area (Å²) in [4.78, 5) is 16.1. The first-order chi connectivity index (χ1) is 10.5. The van der Waals surface area contributed by atoms with Gasteiger partial charge >= 0.3 is 5.97 Å². The molecular weight excluding hydrogens is 314 g/mol. The predicted octanol–water partition coefficient (Wildman–Crippen LogP) is 2.80. The number of rotatable bonds is 5. The summed E-state index contributed by atoms with van der Waals surface area (Å²) in [6.45, 7) is 1.83. The zero-order valence-electron chi connectivity index (χ0n) is 12.8. The number of hydrogen-bond acceptors (Lipinski definition) is 3. The fourth-order valence-electron chi connectivity index (χ4n) is 2.04. The number of nitrogens with two attached hydrogens (primary N) is 2. The molecule has 0 aliphatic heterocycles. The maximum absolute atomic E-state index is 12.1. The van der Waals surface area contributed by atoms with Gasteiger partial charge in [0.15, 0.2) is 5.96 Å². The second-order valence-electron chi connectivity index (χ2n) is 5.05. The molecule has 0 spiro atoms. The average Bonchev–Trinajstić information content (AvgIpc) is 2.48. The third kappa shape index (κ3) is 6.00. The van der Waals surface area contributed by atoms with Crippen molar-refractivity contribution in [1.29, 1.82) is 0 Å². The number of aliphatic imine (C=N–C) groups is 1. The van der Waals surface area contributed by atoms with Gasteiger partial charge in [0.1, 0.15) is 5.75 Å². The van der Waals surface area contributed by atoms with Crippen LogP contribution in [-0.4, -0.2) is 11.9 Å². The van der Waals surface area contributed by atoms with Crippen LogP contribution in [0.2, 0.25) is 0 Å². The Hall–Kier alpha value is -2.53. The summed E-state index contributed by atoms with van der Waals surface area (Å²) in [5.74, 6) is 0.0235. The topological polar surface area (TPSA) is 90.7 Å². The number of esters is 1. The van der Waals surface area contributed by atoms with Crippen LogP contribution in [0.1, 0.15) is 12.5 Å². The number of carbonyl (C=O) groups is 1. The molecule has 0 saturated heterocycles. The SMILES string of the molecule is CC(Cc1cccc(N=C(N)N)c1)C(=O)Oc1ccccc1.Cl. The van der Waals surface area contributed by atoms with Crippen LogP contribution >= 0.6 is 12.4 Å². The number of ether oxygens (including phenoxy) is 1. The maximum atomic E-state index is 12.1. The lowest BCUT2D eigenvalue weighted by Crippen LogP contribution is -2.22. The van der Waals surface area contributed by atoms with E-state index in [0.29, 0.717) is 17.9 Å². The standard InChI is InChI=1S/C17H19N3O2.ClH/c1-12(16(21)22-15-8-3-2-4-9-15)10-13-6-5-7-14(11-13)20-17(18)19;/h2-9,11-12H,10H2,1H3,(H4,18,19,20);1H. The van der Waals surface area contributed by atoms with Gasteiger partial charge in [0.05, 0.1) is 11.6 Å². The van der Waals surface area contributed by atoms with Crippen LogP contribution in [0.15, 0.2) is 59.6 Å². The molecule has 1 atom stereocenters. The van der Waals surface area contributed by atoms with Gasteiger partial charge in [-0.05, 0) is 36.2 Å². The molecule has 0 saturated carbocycles. The monoisotopic (exact) mass is 333 g/mol. The van der Waals surface area contributed by atoms with E-state index in [9.17, 15) is 4.79 Å². The fourth-order valence-corrected chi connectivity index (χ4v) is 2.04. The highest BCUT2D eigenvalue weighted by Gasteiger charge is 2.16. The minimum Gasteiger partial charge on any atom is -0.426 e. The summed E-state index contributed by atoms with van der Waals surface area (Å²) < 4.78 is 5.34. The fraction of sp³-hybridized carbons (Fsp3) is 0.176. The first-order valence-corrected chi connectivity index (χ1v) is 7.00. The van der Waals surface area contributed by atoms with Gasteiger partial charge in [-0.15, -0.1) is 12.4 Å². The predicted molar refractivity (Wildman–Crippen MR) is 94.1 cm³/mol. The van der Waals surface area contributed by atoms with E-state index >= 15 is 0 Å². The summed E-state index contributed by atoms with van der Waals surface area (Å²) >= 11 is 0. The molecule has 0 radical (unpaired) electrons. The van der Waals surface area contributed by atoms with Gasteiger partial charge in [0, 0.05) is 0 Å². The zero-order valence-corrected chi connectivity index (χ0v) is 13.6. The third-order valence-electron chi connectivity index (χ3n) is 3.07. The molecule has 1 unspecified atom stereocenters. The van der Waals surface area contributed by atoms with Crippen molar-refractivity contribution in [3.63, 3.8) is 0 Å². The zero-order chi connectivity index (χ0) is 15.9. The van der Waals surface area contributed by atoms with Crippen molar-refractivity contribution in [3.8, 4) is 5.75 Å². The Balaban J connectivity index is 0.00000264. The van der Waals surface area contributed by atoms with Gasteiger partial charge in [-0.25, -0.2) is 4.99 Å². The molecule has 0 aliphatic rings. The molecule has 4 N–H and O–H groups in total. The van der Waals surface area contributed by atoms with E-state index in [4.69, 9.17) is 16.2 Å². The van der Waals surface area contributed by atoms with Crippen LogP contribution in [0.25, 0.3) is 0 Å². The molecular formula is C17H20ClN3O2. The van der Waals surface area contributed by atoms with Crippen molar-refractivity contribution in [3.05, 3.63) is 60.2 Å². The molecule has 23 heavy (non-hydrogen) atoms. The summed E-state index contributed by atoms with van der Waals surface area (Å²) in [6.07, 6.45) is 0.555. The van der Waals surface area contributed by atoms with E-state index in [1.807, 2.05) is 43.3 Å². The van der Waals surface area contributed by atoms with Gasteiger partial charge in [0.2, 0.25) is 0 Å². The molecule has 2 aromatic rings. The molecule has 122 valence electrons. The highest BCUT2D eigenvalue weighted by atomic mass is 35.5. The van der Waals surface area contributed by atoms with Gasteiger partial charge in [-0.1, -0.05) is 37.3 Å². The van der Waals surface area contributed by atoms with Crippen LogP contribution in [0.3, 0.4) is 0 Å². The Labute approximate surface area is 141 Å². The van der Waals surface area contributed by atoms with Crippen molar-refractivity contribution >= 4 is 30.0 Å². The number of benzene rings is 2. The minimum absolute atomic E-state index is 0. The second-order valence-corrected chi connectivity index (χ2v) is 5.05. The molecule has 0 bridgehead atoms. The smallest absolute Gasteiger partial charge is 0.314 e. The highest BCUT2D eigenvalue weighted by molar-refractivity contribution is 5.85. The van der Waals surface area contributed by atoms with E-state index in [0.717, 1.165) is 5.56 Å². The second kappa shape index (κ2) is 8.80. The van der Waals surface area contributed by atoms with Crippen LogP contribution < -0.4 is 16.2 Å². The molecule has 6 heteroatoms. The Morgan fingerprint density at radius 3 is 2.48 bits per heavy atom. The van der Waals surface area contributed by atoms with Crippen LogP contribution in [-0.2, 0) is 11.2 Å². The van der Waals surface area contributed by atoms with E-state index in [2.05, 4.69) is 4.99 Å². The minimum atomic E-state index is -0.269. The maximum Gasteiger partial charge on any atom is 0.314 e. The summed E-state index contributed by atoms with van der Waals surface area (Å²) in [5.41, 5.74) is 12.4. The molecule has 2 aromatic carbocycles. The Morgan fingerprint density at radius 2 is 1.83 bits per heavy atom.